The topological polar surface area (TPSA) is 0 Å². The van der Waals surface area contributed by atoms with E-state index in [2.05, 4.69) is 13.8 Å². The lowest BCUT2D eigenvalue weighted by atomic mass is 9.88. The first-order valence-electron chi connectivity index (χ1n) is 3.70. The van der Waals surface area contributed by atoms with E-state index in [1.54, 1.807) is 6.42 Å². The second kappa shape index (κ2) is 1.12. The molecule has 0 radical (unpaired) electrons. The molecule has 0 heteroatoms. The molecular formula is C8H14. The summed E-state index contributed by atoms with van der Waals surface area (Å²) < 4.78 is 0. The van der Waals surface area contributed by atoms with Crippen LogP contribution >= 0.6 is 0 Å². The molecule has 2 saturated carbocycles. The van der Waals surface area contributed by atoms with Crippen LogP contribution in [0.25, 0.3) is 0 Å². The number of hydrogen-bond donors (Lipinski definition) is 0. The maximum Gasteiger partial charge on any atom is -0.0323 e. The molecule has 2 aliphatic carbocycles. The summed E-state index contributed by atoms with van der Waals surface area (Å²) in [4.78, 5) is 0. The monoisotopic (exact) mass is 110 g/mol. The van der Waals surface area contributed by atoms with Crippen LogP contribution in [0.1, 0.15) is 33.1 Å². The molecule has 2 rings (SSSR count). The lowest BCUT2D eigenvalue weighted by Crippen LogP contribution is -2.08. The molecule has 2 aliphatic rings. The predicted molar refractivity (Wildman–Crippen MR) is 34.6 cm³/mol. The van der Waals surface area contributed by atoms with Crippen molar-refractivity contribution in [1.82, 2.24) is 0 Å². The van der Waals surface area contributed by atoms with Crippen molar-refractivity contribution >= 4 is 0 Å². The van der Waals surface area contributed by atoms with Gasteiger partial charge >= 0.3 is 0 Å². The highest BCUT2D eigenvalue weighted by molar-refractivity contribution is 5.02. The van der Waals surface area contributed by atoms with Crippen LogP contribution in [0.15, 0.2) is 0 Å². The maximum atomic E-state index is 2.42. The Morgan fingerprint density at radius 3 is 2.25 bits per heavy atom. The summed E-state index contributed by atoms with van der Waals surface area (Å²) in [5.41, 5.74) is 0.727. The largest absolute Gasteiger partial charge is 0.0596 e. The molecule has 2 fully saturated rings. The minimum Gasteiger partial charge on any atom is -0.0596 e. The fourth-order valence-electron chi connectivity index (χ4n) is 2.27. The van der Waals surface area contributed by atoms with Gasteiger partial charge in [0, 0.05) is 0 Å². The Morgan fingerprint density at radius 2 is 2.12 bits per heavy atom. The molecule has 0 bridgehead atoms. The smallest absolute Gasteiger partial charge is 0.0323 e. The van der Waals surface area contributed by atoms with Gasteiger partial charge in [0.1, 0.15) is 0 Å². The van der Waals surface area contributed by atoms with Crippen LogP contribution in [0.3, 0.4) is 0 Å². The van der Waals surface area contributed by atoms with E-state index >= 15 is 0 Å². The minimum absolute atomic E-state index is 0.727. The Morgan fingerprint density at radius 1 is 1.38 bits per heavy atom. The quantitative estimate of drug-likeness (QED) is 0.449. The third kappa shape index (κ3) is 0.463. The van der Waals surface area contributed by atoms with Crippen molar-refractivity contribution in [3.8, 4) is 0 Å². The molecule has 0 aromatic heterocycles. The van der Waals surface area contributed by atoms with Gasteiger partial charge in [-0.15, -0.1) is 0 Å². The van der Waals surface area contributed by atoms with Gasteiger partial charge in [-0.2, -0.15) is 0 Å². The van der Waals surface area contributed by atoms with Gasteiger partial charge in [-0.05, 0) is 36.5 Å². The Bertz CT molecular complexity index is 113. The zero-order chi connectivity index (χ0) is 5.78. The van der Waals surface area contributed by atoms with Gasteiger partial charge in [0.25, 0.3) is 0 Å². The van der Waals surface area contributed by atoms with Gasteiger partial charge in [0.2, 0.25) is 0 Å². The van der Waals surface area contributed by atoms with Crippen LogP contribution in [-0.4, -0.2) is 0 Å². The second-order valence-corrected chi connectivity index (χ2v) is 4.13. The van der Waals surface area contributed by atoms with Crippen molar-refractivity contribution in [2.75, 3.05) is 0 Å². The third-order valence-corrected chi connectivity index (χ3v) is 3.09. The van der Waals surface area contributed by atoms with Crippen molar-refractivity contribution in [2.45, 2.75) is 33.1 Å². The van der Waals surface area contributed by atoms with Crippen molar-refractivity contribution in [3.63, 3.8) is 0 Å². The second-order valence-electron chi connectivity index (χ2n) is 4.13. The van der Waals surface area contributed by atoms with E-state index in [9.17, 15) is 0 Å². The summed E-state index contributed by atoms with van der Waals surface area (Å²) in [5.74, 6) is 2.28. The van der Waals surface area contributed by atoms with Gasteiger partial charge in [-0.25, -0.2) is 0 Å². The van der Waals surface area contributed by atoms with E-state index in [1.165, 1.54) is 12.8 Å². The van der Waals surface area contributed by atoms with Crippen LogP contribution in [0.5, 0.6) is 0 Å². The van der Waals surface area contributed by atoms with Crippen LogP contribution in [-0.2, 0) is 0 Å². The molecule has 2 atom stereocenters. The van der Waals surface area contributed by atoms with Gasteiger partial charge < -0.3 is 0 Å². The average molecular weight is 110 g/mol. The van der Waals surface area contributed by atoms with Gasteiger partial charge in [-0.1, -0.05) is 13.8 Å². The maximum absolute atomic E-state index is 2.42. The Labute approximate surface area is 51.3 Å². The molecule has 0 aromatic carbocycles. The van der Waals surface area contributed by atoms with Gasteiger partial charge in [0.15, 0.2) is 0 Å². The molecule has 0 heterocycles. The van der Waals surface area contributed by atoms with E-state index in [0.29, 0.717) is 0 Å². The van der Waals surface area contributed by atoms with Crippen LogP contribution < -0.4 is 0 Å². The molecule has 0 nitrogen and oxygen atoms in total. The number of hydrogen-bond acceptors (Lipinski definition) is 0. The number of fused-ring (bicyclic) bond motifs is 1. The minimum atomic E-state index is 0.727. The third-order valence-electron chi connectivity index (χ3n) is 3.09. The molecule has 0 aromatic rings. The summed E-state index contributed by atoms with van der Waals surface area (Å²) in [6.45, 7) is 4.84. The SMILES string of the molecule is CC1(C)CCC2CC21. The first-order chi connectivity index (χ1) is 3.70. The molecular weight excluding hydrogens is 96.1 g/mol. The summed E-state index contributed by atoms with van der Waals surface area (Å²) >= 11 is 0. The normalized spacial score (nSPS) is 48.8. The lowest BCUT2D eigenvalue weighted by Gasteiger charge is -2.18. The predicted octanol–water partition coefficient (Wildman–Crippen LogP) is 2.44. The number of rotatable bonds is 0. The van der Waals surface area contributed by atoms with Gasteiger partial charge in [0.05, 0.1) is 0 Å². The lowest BCUT2D eigenvalue weighted by molar-refractivity contribution is 0.325. The molecule has 0 saturated heterocycles. The molecule has 0 amide bonds. The van der Waals surface area contributed by atoms with E-state index in [0.717, 1.165) is 17.3 Å². The first-order valence-corrected chi connectivity index (χ1v) is 3.70. The molecule has 0 aliphatic heterocycles. The zero-order valence-corrected chi connectivity index (χ0v) is 5.78. The van der Waals surface area contributed by atoms with E-state index in [1.807, 2.05) is 0 Å². The fraction of sp³-hybridized carbons (Fsp3) is 1.00. The Balaban J connectivity index is 2.17. The average Bonchev–Trinajstić information content (AvgIpc) is 2.34. The molecule has 0 N–H and O–H groups in total. The Kier molecular flexibility index (Phi) is 0.678. The molecule has 2 unspecified atom stereocenters. The first kappa shape index (κ1) is 4.84. The van der Waals surface area contributed by atoms with Crippen molar-refractivity contribution in [2.24, 2.45) is 17.3 Å². The van der Waals surface area contributed by atoms with Gasteiger partial charge in [-0.3, -0.25) is 0 Å². The van der Waals surface area contributed by atoms with E-state index in [4.69, 9.17) is 0 Å². The van der Waals surface area contributed by atoms with Crippen molar-refractivity contribution < 1.29 is 0 Å². The summed E-state index contributed by atoms with van der Waals surface area (Å²) in [6, 6.07) is 0. The standard InChI is InChI=1S/C8H14/c1-8(2)4-3-6-5-7(6)8/h6-7H,3-5H2,1-2H3. The van der Waals surface area contributed by atoms with E-state index < -0.39 is 0 Å². The molecule has 46 valence electrons. The molecule has 0 spiro atoms. The summed E-state index contributed by atoms with van der Waals surface area (Å²) in [6.07, 6.45) is 4.56. The van der Waals surface area contributed by atoms with Crippen molar-refractivity contribution in [3.05, 3.63) is 0 Å². The van der Waals surface area contributed by atoms with Crippen LogP contribution in [0, 0.1) is 17.3 Å². The summed E-state index contributed by atoms with van der Waals surface area (Å²) in [5, 5.41) is 0. The fourth-order valence-corrected chi connectivity index (χ4v) is 2.27. The van der Waals surface area contributed by atoms with Crippen LogP contribution in [0.4, 0.5) is 0 Å². The Hall–Kier alpha value is 0. The van der Waals surface area contributed by atoms with Crippen molar-refractivity contribution in [1.29, 1.82) is 0 Å². The van der Waals surface area contributed by atoms with E-state index in [-0.39, 0.29) is 0 Å². The summed E-state index contributed by atoms with van der Waals surface area (Å²) in [7, 11) is 0. The highest BCUT2D eigenvalue weighted by Crippen LogP contribution is 2.61. The highest BCUT2D eigenvalue weighted by Gasteiger charge is 2.52. The highest BCUT2D eigenvalue weighted by atomic mass is 14.6. The van der Waals surface area contributed by atoms with Crippen LogP contribution in [0.2, 0.25) is 0 Å². The molecule has 8 heavy (non-hydrogen) atoms. The zero-order valence-electron chi connectivity index (χ0n) is 5.78.